The van der Waals surface area contributed by atoms with Gasteiger partial charge in [-0.3, -0.25) is 4.79 Å². The Labute approximate surface area is 255 Å². The van der Waals surface area contributed by atoms with Crippen LogP contribution in [0.5, 0.6) is 17.2 Å². The van der Waals surface area contributed by atoms with Crippen molar-refractivity contribution in [1.29, 1.82) is 5.26 Å². The largest absolute Gasteiger partial charge is 0.490 e. The van der Waals surface area contributed by atoms with Gasteiger partial charge in [0.15, 0.2) is 11.5 Å². The summed E-state index contributed by atoms with van der Waals surface area (Å²) in [7, 11) is 0. The summed E-state index contributed by atoms with van der Waals surface area (Å²) in [5.74, 6) is 1.31. The van der Waals surface area contributed by atoms with Gasteiger partial charge < -0.3 is 19.5 Å². The molecule has 0 heterocycles. The fourth-order valence-corrected chi connectivity index (χ4v) is 4.91. The highest BCUT2D eigenvalue weighted by Gasteiger charge is 2.15. The van der Waals surface area contributed by atoms with Gasteiger partial charge >= 0.3 is 0 Å². The number of rotatable bonds is 11. The maximum atomic E-state index is 12.9. The number of nitrogens with zero attached hydrogens (tertiary/aromatic N) is 1. The molecule has 0 aliphatic carbocycles. The number of benzene rings is 4. The number of nitriles is 1. The lowest BCUT2D eigenvalue weighted by atomic mass is 10.1. The molecule has 0 saturated heterocycles. The number of carbonyl (C=O) groups is 1. The maximum absolute atomic E-state index is 12.9. The zero-order valence-corrected chi connectivity index (χ0v) is 25.4. The molecule has 40 heavy (non-hydrogen) atoms. The summed E-state index contributed by atoms with van der Waals surface area (Å²) in [5, 5.41) is 12.5. The molecule has 0 aliphatic rings. The zero-order valence-electron chi connectivity index (χ0n) is 21.7. The van der Waals surface area contributed by atoms with Gasteiger partial charge in [0, 0.05) is 15.7 Å². The van der Waals surface area contributed by atoms with Crippen molar-refractivity contribution < 1.29 is 19.0 Å². The molecular weight excluding hydrogens is 683 g/mol. The van der Waals surface area contributed by atoms with Crippen molar-refractivity contribution in [3.63, 3.8) is 0 Å². The fraction of sp³-hybridized carbons (Fsp3) is 0.125. The molecule has 8 heteroatoms. The van der Waals surface area contributed by atoms with Crippen molar-refractivity contribution in [3.05, 3.63) is 121 Å². The number of anilines is 1. The second kappa shape index (κ2) is 14.5. The number of nitrogens with one attached hydrogen (secondary N) is 1. The first-order chi connectivity index (χ1) is 19.5. The lowest BCUT2D eigenvalue weighted by molar-refractivity contribution is -0.112. The van der Waals surface area contributed by atoms with Gasteiger partial charge in [0.1, 0.15) is 30.6 Å². The Morgan fingerprint density at radius 3 is 2.38 bits per heavy atom. The fourth-order valence-electron chi connectivity index (χ4n) is 3.73. The topological polar surface area (TPSA) is 80.6 Å². The van der Waals surface area contributed by atoms with E-state index in [0.29, 0.717) is 48.3 Å². The van der Waals surface area contributed by atoms with Crippen LogP contribution in [0.3, 0.4) is 0 Å². The first kappa shape index (κ1) is 29.2. The normalized spacial score (nSPS) is 10.9. The highest BCUT2D eigenvalue weighted by Crippen LogP contribution is 2.36. The minimum Gasteiger partial charge on any atom is -0.490 e. The van der Waals surface area contributed by atoms with Gasteiger partial charge in [0.25, 0.3) is 5.91 Å². The summed E-state index contributed by atoms with van der Waals surface area (Å²) in [4.78, 5) is 12.9. The second-order valence-electron chi connectivity index (χ2n) is 8.57. The molecule has 0 aromatic heterocycles. The molecule has 0 saturated carbocycles. The third-order valence-corrected chi connectivity index (χ3v) is 7.27. The number of ether oxygens (including phenoxy) is 3. The lowest BCUT2D eigenvalue weighted by Gasteiger charge is -2.15. The Bertz CT molecular complexity index is 1530. The van der Waals surface area contributed by atoms with Gasteiger partial charge in [-0.2, -0.15) is 5.26 Å². The third-order valence-electron chi connectivity index (χ3n) is 5.70. The molecule has 0 aliphatic heterocycles. The van der Waals surface area contributed by atoms with Crippen LogP contribution in [-0.2, 0) is 18.0 Å². The zero-order chi connectivity index (χ0) is 28.3. The third kappa shape index (κ3) is 8.10. The van der Waals surface area contributed by atoms with Crippen LogP contribution in [0.25, 0.3) is 6.08 Å². The molecule has 4 aromatic carbocycles. The van der Waals surface area contributed by atoms with Gasteiger partial charge in [-0.1, -0.05) is 64.5 Å². The monoisotopic (exact) mass is 708 g/mol. The summed E-state index contributed by atoms with van der Waals surface area (Å²) < 4.78 is 19.5. The maximum Gasteiger partial charge on any atom is 0.266 e. The van der Waals surface area contributed by atoms with Crippen LogP contribution < -0.4 is 19.5 Å². The molecule has 6 nitrogen and oxygen atoms in total. The van der Waals surface area contributed by atoms with E-state index in [9.17, 15) is 10.1 Å². The summed E-state index contributed by atoms with van der Waals surface area (Å²) in [6.45, 7) is 3.13. The van der Waals surface area contributed by atoms with Crippen LogP contribution in [0.4, 0.5) is 5.69 Å². The van der Waals surface area contributed by atoms with E-state index in [1.165, 1.54) is 6.08 Å². The van der Waals surface area contributed by atoms with E-state index in [2.05, 4.69) is 43.8 Å². The van der Waals surface area contributed by atoms with Crippen molar-refractivity contribution in [1.82, 2.24) is 0 Å². The molecule has 0 fully saturated rings. The van der Waals surface area contributed by atoms with Crippen molar-refractivity contribution >= 4 is 56.2 Å². The molecule has 1 amide bonds. The number of hydrogen-bond donors (Lipinski definition) is 1. The number of carbonyl (C=O) groups excluding carboxylic acids is 1. The van der Waals surface area contributed by atoms with Crippen LogP contribution in [0, 0.1) is 14.9 Å². The molecule has 0 unspecified atom stereocenters. The first-order valence-electron chi connectivity index (χ1n) is 12.5. The molecule has 0 atom stereocenters. The van der Waals surface area contributed by atoms with Gasteiger partial charge in [-0.25, -0.2) is 0 Å². The average molecular weight is 709 g/mol. The Balaban J connectivity index is 1.45. The predicted molar refractivity (Wildman–Crippen MR) is 168 cm³/mol. The molecule has 1 N–H and O–H groups in total. The van der Waals surface area contributed by atoms with Crippen LogP contribution in [0.2, 0.25) is 0 Å². The van der Waals surface area contributed by atoms with E-state index in [1.807, 2.05) is 73.7 Å². The van der Waals surface area contributed by atoms with E-state index < -0.39 is 5.91 Å². The molecule has 202 valence electrons. The summed E-state index contributed by atoms with van der Waals surface area (Å²) in [6, 6.07) is 30.4. The molecule has 0 radical (unpaired) electrons. The molecule has 4 aromatic rings. The molecule has 4 rings (SSSR count). The Hall–Kier alpha value is -3.81. The van der Waals surface area contributed by atoms with Gasteiger partial charge in [0.05, 0.1) is 10.2 Å². The van der Waals surface area contributed by atoms with Crippen molar-refractivity contribution in [3.8, 4) is 23.3 Å². The minimum atomic E-state index is -0.511. The smallest absolute Gasteiger partial charge is 0.266 e. The Morgan fingerprint density at radius 1 is 0.950 bits per heavy atom. The van der Waals surface area contributed by atoms with Crippen molar-refractivity contribution in [2.24, 2.45) is 0 Å². The number of halogens is 2. The van der Waals surface area contributed by atoms with E-state index in [4.69, 9.17) is 14.2 Å². The Kier molecular flexibility index (Phi) is 10.6. The summed E-state index contributed by atoms with van der Waals surface area (Å²) >= 11 is 5.71. The van der Waals surface area contributed by atoms with E-state index in [-0.39, 0.29) is 5.57 Å². The van der Waals surface area contributed by atoms with E-state index in [0.717, 1.165) is 19.2 Å². The van der Waals surface area contributed by atoms with Crippen LogP contribution in [-0.4, -0.2) is 12.5 Å². The second-order valence-corrected chi connectivity index (χ2v) is 10.6. The highest BCUT2D eigenvalue weighted by atomic mass is 127. The summed E-state index contributed by atoms with van der Waals surface area (Å²) in [6.07, 6.45) is 1.54. The summed E-state index contributed by atoms with van der Waals surface area (Å²) in [5.41, 5.74) is 3.24. The minimum absolute atomic E-state index is 0.0375. The number of hydrogen-bond acceptors (Lipinski definition) is 5. The van der Waals surface area contributed by atoms with Crippen LogP contribution >= 0.6 is 38.5 Å². The van der Waals surface area contributed by atoms with Crippen LogP contribution in [0.1, 0.15) is 23.6 Å². The predicted octanol–water partition coefficient (Wildman–Crippen LogP) is 8.16. The quantitative estimate of drug-likeness (QED) is 0.0967. The molecule has 0 spiro atoms. The van der Waals surface area contributed by atoms with E-state index >= 15 is 0 Å². The van der Waals surface area contributed by atoms with Gasteiger partial charge in [-0.05, 0) is 89.2 Å². The first-order valence-corrected chi connectivity index (χ1v) is 14.4. The standard InChI is InChI=1S/C32H26BrIN2O4/c1-2-38-30-18-23(17-29(34)31(30)40-21-24-10-6-7-11-28(24)33)16-25(19-35)32(37)36-26-12-14-27(15-13-26)39-20-22-8-4-3-5-9-22/h3-18H,2,20-21H2,1H3,(H,36,37)/b25-16+. The SMILES string of the molecule is CCOc1cc(/C=C(\C#N)C(=O)Nc2ccc(OCc3ccccc3)cc2)cc(I)c1OCc1ccccc1Br. The van der Waals surface area contributed by atoms with E-state index in [1.54, 1.807) is 30.3 Å². The lowest BCUT2D eigenvalue weighted by Crippen LogP contribution is -2.13. The van der Waals surface area contributed by atoms with Crippen molar-refractivity contribution in [2.75, 3.05) is 11.9 Å². The molecular formula is C32H26BrIN2O4. The van der Waals surface area contributed by atoms with Crippen LogP contribution in [0.15, 0.2) is 101 Å². The van der Waals surface area contributed by atoms with Gasteiger partial charge in [-0.15, -0.1) is 0 Å². The Morgan fingerprint density at radius 2 is 1.68 bits per heavy atom. The van der Waals surface area contributed by atoms with Gasteiger partial charge in [0.2, 0.25) is 0 Å². The molecule has 0 bridgehead atoms. The highest BCUT2D eigenvalue weighted by molar-refractivity contribution is 14.1. The number of amides is 1. The average Bonchev–Trinajstić information content (AvgIpc) is 2.96. The van der Waals surface area contributed by atoms with Crippen molar-refractivity contribution in [2.45, 2.75) is 20.1 Å².